The highest BCUT2D eigenvalue weighted by Crippen LogP contribution is 2.41. The first-order valence-corrected chi connectivity index (χ1v) is 11.3. The first-order valence-electron chi connectivity index (χ1n) is 10.9. The van der Waals surface area contributed by atoms with E-state index in [1.165, 1.54) is 6.20 Å². The zero-order valence-corrected chi connectivity index (χ0v) is 19.4. The van der Waals surface area contributed by atoms with Crippen molar-refractivity contribution in [2.45, 2.75) is 37.9 Å². The third-order valence-corrected chi connectivity index (χ3v) is 6.76. The first-order chi connectivity index (χ1) is 15.8. The molecular weight excluding hydrogens is 442 g/mol. The van der Waals surface area contributed by atoms with Crippen molar-refractivity contribution in [2.75, 3.05) is 31.1 Å². The summed E-state index contributed by atoms with van der Waals surface area (Å²) < 4.78 is 0. The lowest BCUT2D eigenvalue weighted by Crippen LogP contribution is -2.71. The topological polar surface area (TPSA) is 101 Å². The molecule has 9 heteroatoms. The zero-order chi connectivity index (χ0) is 23.8. The lowest BCUT2D eigenvalue weighted by molar-refractivity contribution is -0.170. The molecule has 8 nitrogen and oxygen atoms in total. The predicted octanol–water partition coefficient (Wildman–Crippen LogP) is 2.37. The number of carbonyl (C=O) groups is 2. The molecule has 2 unspecified atom stereocenters. The molecule has 1 aromatic heterocycles. The van der Waals surface area contributed by atoms with Crippen LogP contribution in [0.2, 0.25) is 5.02 Å². The molecule has 1 aromatic carbocycles. The van der Waals surface area contributed by atoms with Crippen molar-refractivity contribution in [3.63, 3.8) is 0 Å². The van der Waals surface area contributed by atoms with E-state index in [0.29, 0.717) is 29.4 Å². The van der Waals surface area contributed by atoms with Crippen LogP contribution in [0.5, 0.6) is 0 Å². The number of carbonyl (C=O) groups excluding carboxylic acids is 2. The summed E-state index contributed by atoms with van der Waals surface area (Å²) in [6.07, 6.45) is 1.91. The Kier molecular flexibility index (Phi) is 6.28. The summed E-state index contributed by atoms with van der Waals surface area (Å²) in [4.78, 5) is 36.9. The Balaban J connectivity index is 1.75. The summed E-state index contributed by atoms with van der Waals surface area (Å²) in [6.45, 7) is 4.21. The van der Waals surface area contributed by atoms with Crippen molar-refractivity contribution in [1.29, 1.82) is 5.26 Å². The zero-order valence-electron chi connectivity index (χ0n) is 18.6. The molecule has 33 heavy (non-hydrogen) atoms. The van der Waals surface area contributed by atoms with Crippen LogP contribution >= 0.6 is 11.6 Å². The van der Waals surface area contributed by atoms with Crippen LogP contribution < -0.4 is 4.90 Å². The molecule has 172 valence electrons. The lowest BCUT2D eigenvalue weighted by Gasteiger charge is -2.51. The minimum absolute atomic E-state index is 0.0303. The quantitative estimate of drug-likeness (QED) is 0.724. The second kappa shape index (κ2) is 9.00. The largest absolute Gasteiger partial charge is 0.394 e. The summed E-state index contributed by atoms with van der Waals surface area (Å²) >= 11 is 6.04. The lowest BCUT2D eigenvalue weighted by atomic mass is 9.87. The number of aliphatic hydroxyl groups is 1. The number of pyridine rings is 1. The fourth-order valence-corrected chi connectivity index (χ4v) is 4.94. The van der Waals surface area contributed by atoms with E-state index in [2.05, 4.69) is 11.1 Å². The number of nitriles is 1. The first kappa shape index (κ1) is 23.0. The number of aliphatic hydroxyl groups excluding tert-OH is 1. The van der Waals surface area contributed by atoms with Gasteiger partial charge in [-0.05, 0) is 50.1 Å². The fraction of sp³-hybridized carbons (Fsp3) is 0.417. The number of rotatable bonds is 5. The summed E-state index contributed by atoms with van der Waals surface area (Å²) in [5.41, 5.74) is 0.0324. The van der Waals surface area contributed by atoms with Crippen LogP contribution in [0.1, 0.15) is 37.4 Å². The molecule has 0 radical (unpaired) electrons. The number of hydrogen-bond donors (Lipinski definition) is 1. The molecule has 1 N–H and O–H groups in total. The molecule has 1 spiro atoms. The van der Waals surface area contributed by atoms with Gasteiger partial charge in [0.25, 0.3) is 5.91 Å². The van der Waals surface area contributed by atoms with E-state index in [1.807, 2.05) is 18.7 Å². The van der Waals surface area contributed by atoms with Crippen LogP contribution in [0.3, 0.4) is 0 Å². The van der Waals surface area contributed by atoms with Crippen LogP contribution in [-0.2, 0) is 9.59 Å². The fourth-order valence-electron chi connectivity index (χ4n) is 4.81. The van der Waals surface area contributed by atoms with Gasteiger partial charge in [-0.1, -0.05) is 23.7 Å². The Hall–Kier alpha value is -3.15. The number of hydrogen-bond acceptors (Lipinski definition) is 6. The molecule has 2 aromatic rings. The predicted molar refractivity (Wildman–Crippen MR) is 123 cm³/mol. The third kappa shape index (κ3) is 4.03. The number of amides is 2. The molecule has 0 bridgehead atoms. The number of piperazine rings is 1. The van der Waals surface area contributed by atoms with Crippen molar-refractivity contribution in [2.24, 2.45) is 0 Å². The summed E-state index contributed by atoms with van der Waals surface area (Å²) in [5, 5.41) is 20.0. The van der Waals surface area contributed by atoms with Crippen molar-refractivity contribution in [1.82, 2.24) is 14.8 Å². The van der Waals surface area contributed by atoms with Gasteiger partial charge in [-0.15, -0.1) is 0 Å². The van der Waals surface area contributed by atoms with Gasteiger partial charge in [0.2, 0.25) is 5.91 Å². The van der Waals surface area contributed by atoms with E-state index in [-0.39, 0.29) is 37.6 Å². The molecule has 2 fully saturated rings. The average molecular weight is 468 g/mol. The number of anilines is 1. The highest BCUT2D eigenvalue weighted by molar-refractivity contribution is 6.30. The number of benzene rings is 1. The molecule has 3 heterocycles. The van der Waals surface area contributed by atoms with Crippen LogP contribution in [0.15, 0.2) is 42.6 Å². The summed E-state index contributed by atoms with van der Waals surface area (Å²) in [5.74, 6) is 0.312. The highest BCUT2D eigenvalue weighted by Gasteiger charge is 2.58. The van der Waals surface area contributed by atoms with Crippen LogP contribution in [0, 0.1) is 11.3 Å². The smallest absolute Gasteiger partial charge is 0.251 e. The molecule has 2 aliphatic heterocycles. The summed E-state index contributed by atoms with van der Waals surface area (Å²) in [7, 11) is 0. The second-order valence-corrected chi connectivity index (χ2v) is 9.20. The molecule has 2 atom stereocenters. The molecule has 0 aliphatic carbocycles. The average Bonchev–Trinajstić information content (AvgIpc) is 3.25. The summed E-state index contributed by atoms with van der Waals surface area (Å²) in [6, 6.07) is 11.7. The Morgan fingerprint density at radius 1 is 1.21 bits per heavy atom. The van der Waals surface area contributed by atoms with Gasteiger partial charge in [-0.25, -0.2) is 4.98 Å². The van der Waals surface area contributed by atoms with E-state index >= 15 is 0 Å². The maximum Gasteiger partial charge on any atom is 0.251 e. The van der Waals surface area contributed by atoms with Crippen LogP contribution in [0.25, 0.3) is 0 Å². The van der Waals surface area contributed by atoms with Crippen LogP contribution in [0.4, 0.5) is 5.82 Å². The van der Waals surface area contributed by atoms with Gasteiger partial charge in [0.15, 0.2) is 0 Å². The SMILES string of the molecule is CC(C)N1CC(=O)N(C(CO)c2ccc(Cl)cc2)C2(CCN(c3ccc(C#N)cn3)C2)C1=O. The van der Waals surface area contributed by atoms with E-state index < -0.39 is 11.6 Å². The van der Waals surface area contributed by atoms with Gasteiger partial charge in [0, 0.05) is 23.8 Å². The molecular formula is C24H26ClN5O3. The minimum atomic E-state index is -1.14. The Labute approximate surface area is 198 Å². The molecule has 2 saturated heterocycles. The van der Waals surface area contributed by atoms with Gasteiger partial charge >= 0.3 is 0 Å². The van der Waals surface area contributed by atoms with Gasteiger partial charge in [-0.3, -0.25) is 9.59 Å². The Morgan fingerprint density at radius 2 is 1.94 bits per heavy atom. The standard InChI is InChI=1S/C24H26ClN5O3/c1-16(2)29-13-22(32)30(20(14-31)18-4-6-19(25)7-5-18)24(23(29)33)9-10-28(15-24)21-8-3-17(11-26)12-27-21/h3-8,12,16,20,31H,9-10,13-15H2,1-2H3. The van der Waals surface area contributed by atoms with Crippen LogP contribution in [-0.4, -0.2) is 69.5 Å². The van der Waals surface area contributed by atoms with E-state index in [4.69, 9.17) is 16.9 Å². The number of aromatic nitrogens is 1. The highest BCUT2D eigenvalue weighted by atomic mass is 35.5. The molecule has 4 rings (SSSR count). The molecule has 0 saturated carbocycles. The van der Waals surface area contributed by atoms with E-state index in [0.717, 1.165) is 5.56 Å². The Morgan fingerprint density at radius 3 is 2.52 bits per heavy atom. The van der Waals surface area contributed by atoms with Gasteiger partial charge in [0.05, 0.1) is 24.8 Å². The van der Waals surface area contributed by atoms with Crippen molar-refractivity contribution >= 4 is 29.2 Å². The van der Waals surface area contributed by atoms with E-state index in [1.54, 1.807) is 46.2 Å². The third-order valence-electron chi connectivity index (χ3n) is 6.51. The number of nitrogens with zero attached hydrogens (tertiary/aromatic N) is 5. The monoisotopic (exact) mass is 467 g/mol. The van der Waals surface area contributed by atoms with Crippen molar-refractivity contribution in [3.05, 3.63) is 58.7 Å². The van der Waals surface area contributed by atoms with E-state index in [9.17, 15) is 14.7 Å². The van der Waals surface area contributed by atoms with Gasteiger partial charge < -0.3 is 19.8 Å². The Bertz CT molecular complexity index is 1080. The molecule has 2 amide bonds. The minimum Gasteiger partial charge on any atom is -0.394 e. The van der Waals surface area contributed by atoms with Crippen molar-refractivity contribution in [3.8, 4) is 6.07 Å². The second-order valence-electron chi connectivity index (χ2n) is 8.76. The maximum atomic E-state index is 13.9. The van der Waals surface area contributed by atoms with Crippen molar-refractivity contribution < 1.29 is 14.7 Å². The number of halogens is 1. The van der Waals surface area contributed by atoms with Gasteiger partial charge in [0.1, 0.15) is 24.0 Å². The molecule has 2 aliphatic rings. The normalized spacial score (nSPS) is 21.8. The maximum absolute atomic E-state index is 13.9. The van der Waals surface area contributed by atoms with Gasteiger partial charge in [-0.2, -0.15) is 5.26 Å².